The van der Waals surface area contributed by atoms with Gasteiger partial charge in [0.05, 0.1) is 4.92 Å². The Bertz CT molecular complexity index is 474. The molecule has 0 radical (unpaired) electrons. The molecule has 1 fully saturated rings. The SMILES string of the molecule is CC1(C)CCN(c2ccc([N+](=O)[O-])cc2CCl)C1. The number of nitrogens with zero attached hydrogens (tertiary/aromatic N) is 2. The van der Waals surface area contributed by atoms with Crippen LogP contribution in [0.15, 0.2) is 18.2 Å². The summed E-state index contributed by atoms with van der Waals surface area (Å²) in [5, 5.41) is 10.8. The molecular weight excluding hydrogens is 252 g/mol. The second kappa shape index (κ2) is 4.76. The molecule has 1 heterocycles. The Balaban J connectivity index is 2.31. The zero-order valence-electron chi connectivity index (χ0n) is 10.6. The molecule has 0 amide bonds. The van der Waals surface area contributed by atoms with Crippen molar-refractivity contribution >= 4 is 23.0 Å². The predicted molar refractivity (Wildman–Crippen MR) is 73.3 cm³/mol. The molecule has 0 bridgehead atoms. The van der Waals surface area contributed by atoms with Crippen molar-refractivity contribution in [2.75, 3.05) is 18.0 Å². The number of hydrogen-bond acceptors (Lipinski definition) is 3. The number of hydrogen-bond donors (Lipinski definition) is 0. The van der Waals surface area contributed by atoms with Gasteiger partial charge < -0.3 is 4.90 Å². The standard InChI is InChI=1S/C13H17ClN2O2/c1-13(2)5-6-15(9-13)12-4-3-11(16(17)18)7-10(12)8-14/h3-4,7H,5-6,8-9H2,1-2H3. The van der Waals surface area contributed by atoms with Crippen molar-refractivity contribution in [3.8, 4) is 0 Å². The van der Waals surface area contributed by atoms with Crippen LogP contribution in [-0.2, 0) is 5.88 Å². The molecule has 1 saturated heterocycles. The lowest BCUT2D eigenvalue weighted by atomic mass is 9.93. The third kappa shape index (κ3) is 2.58. The van der Waals surface area contributed by atoms with Crippen molar-refractivity contribution in [3.63, 3.8) is 0 Å². The van der Waals surface area contributed by atoms with Crippen LogP contribution < -0.4 is 4.90 Å². The zero-order chi connectivity index (χ0) is 13.3. The van der Waals surface area contributed by atoms with Crippen LogP contribution in [0.3, 0.4) is 0 Å². The highest BCUT2D eigenvalue weighted by atomic mass is 35.5. The highest BCUT2D eigenvalue weighted by Crippen LogP contribution is 2.35. The van der Waals surface area contributed by atoms with Gasteiger partial charge in [0.2, 0.25) is 0 Å². The van der Waals surface area contributed by atoms with Crippen LogP contribution >= 0.6 is 11.6 Å². The predicted octanol–water partition coefficient (Wildman–Crippen LogP) is 3.57. The van der Waals surface area contributed by atoms with E-state index in [0.29, 0.717) is 11.3 Å². The van der Waals surface area contributed by atoms with Crippen LogP contribution in [0.25, 0.3) is 0 Å². The van der Waals surface area contributed by atoms with Crippen molar-refractivity contribution < 1.29 is 4.92 Å². The molecule has 5 heteroatoms. The molecule has 18 heavy (non-hydrogen) atoms. The summed E-state index contributed by atoms with van der Waals surface area (Å²) in [7, 11) is 0. The minimum Gasteiger partial charge on any atom is -0.371 e. The number of anilines is 1. The Kier molecular flexibility index (Phi) is 3.48. The van der Waals surface area contributed by atoms with Gasteiger partial charge in [-0.3, -0.25) is 10.1 Å². The number of alkyl halides is 1. The average Bonchev–Trinajstić information content (AvgIpc) is 2.68. The van der Waals surface area contributed by atoms with Gasteiger partial charge in [-0.25, -0.2) is 0 Å². The molecule has 1 aliphatic heterocycles. The Morgan fingerprint density at radius 3 is 2.72 bits per heavy atom. The van der Waals surface area contributed by atoms with E-state index < -0.39 is 0 Å². The highest BCUT2D eigenvalue weighted by Gasteiger charge is 2.30. The summed E-state index contributed by atoms with van der Waals surface area (Å²) < 4.78 is 0. The van der Waals surface area contributed by atoms with E-state index in [1.54, 1.807) is 12.1 Å². The van der Waals surface area contributed by atoms with Crippen molar-refractivity contribution in [1.82, 2.24) is 0 Å². The fraction of sp³-hybridized carbons (Fsp3) is 0.538. The van der Waals surface area contributed by atoms with E-state index in [2.05, 4.69) is 18.7 Å². The first-order valence-electron chi connectivity index (χ1n) is 6.01. The van der Waals surface area contributed by atoms with Gasteiger partial charge in [-0.15, -0.1) is 11.6 Å². The van der Waals surface area contributed by atoms with Crippen LogP contribution in [0.4, 0.5) is 11.4 Å². The van der Waals surface area contributed by atoms with Crippen molar-refractivity contribution in [2.24, 2.45) is 5.41 Å². The van der Waals surface area contributed by atoms with Crippen LogP contribution in [0, 0.1) is 15.5 Å². The summed E-state index contributed by atoms with van der Waals surface area (Å²) in [6.07, 6.45) is 1.13. The lowest BCUT2D eigenvalue weighted by molar-refractivity contribution is -0.384. The fourth-order valence-corrected chi connectivity index (χ4v) is 2.63. The summed E-state index contributed by atoms with van der Waals surface area (Å²) >= 11 is 5.91. The van der Waals surface area contributed by atoms with E-state index in [1.807, 2.05) is 6.07 Å². The summed E-state index contributed by atoms with van der Waals surface area (Å²) in [6.45, 7) is 6.42. The van der Waals surface area contributed by atoms with E-state index >= 15 is 0 Å². The quantitative estimate of drug-likeness (QED) is 0.478. The molecule has 4 nitrogen and oxygen atoms in total. The second-order valence-electron chi connectivity index (χ2n) is 5.54. The molecule has 0 spiro atoms. The van der Waals surface area contributed by atoms with Crippen LogP contribution in [0.1, 0.15) is 25.8 Å². The first-order chi connectivity index (χ1) is 8.43. The number of halogens is 1. The zero-order valence-corrected chi connectivity index (χ0v) is 11.4. The molecule has 0 aliphatic carbocycles. The van der Waals surface area contributed by atoms with Gasteiger partial charge in [0.15, 0.2) is 0 Å². The number of benzene rings is 1. The number of rotatable bonds is 3. The maximum atomic E-state index is 10.8. The largest absolute Gasteiger partial charge is 0.371 e. The minimum atomic E-state index is -0.381. The van der Waals surface area contributed by atoms with Crippen LogP contribution in [0.5, 0.6) is 0 Å². The molecule has 2 rings (SSSR count). The summed E-state index contributed by atoms with van der Waals surface area (Å²) in [6, 6.07) is 4.95. The first-order valence-corrected chi connectivity index (χ1v) is 6.55. The molecule has 1 aromatic rings. The van der Waals surface area contributed by atoms with E-state index in [1.165, 1.54) is 0 Å². The summed E-state index contributed by atoms with van der Waals surface area (Å²) in [4.78, 5) is 12.6. The lowest BCUT2D eigenvalue weighted by Crippen LogP contribution is -2.23. The molecule has 1 aliphatic rings. The van der Waals surface area contributed by atoms with Gasteiger partial charge in [-0.1, -0.05) is 13.8 Å². The van der Waals surface area contributed by atoms with Gasteiger partial charge in [0, 0.05) is 36.8 Å². The highest BCUT2D eigenvalue weighted by molar-refractivity contribution is 6.17. The maximum absolute atomic E-state index is 10.8. The first kappa shape index (κ1) is 13.1. The Morgan fingerprint density at radius 1 is 1.50 bits per heavy atom. The van der Waals surface area contributed by atoms with Crippen LogP contribution in [-0.4, -0.2) is 18.0 Å². The van der Waals surface area contributed by atoms with Gasteiger partial charge in [0.25, 0.3) is 5.69 Å². The van der Waals surface area contributed by atoms with E-state index in [-0.39, 0.29) is 10.6 Å². The number of nitro benzene ring substituents is 1. The molecule has 0 unspecified atom stereocenters. The molecule has 0 atom stereocenters. The molecular formula is C13H17ClN2O2. The second-order valence-corrected chi connectivity index (χ2v) is 5.81. The lowest BCUT2D eigenvalue weighted by Gasteiger charge is -2.23. The molecule has 1 aromatic carbocycles. The summed E-state index contributed by atoms with van der Waals surface area (Å²) in [5.41, 5.74) is 2.27. The third-order valence-corrected chi connectivity index (χ3v) is 3.72. The Labute approximate surface area is 112 Å². The van der Waals surface area contributed by atoms with Crippen LogP contribution in [0.2, 0.25) is 0 Å². The van der Waals surface area contributed by atoms with Crippen molar-refractivity contribution in [3.05, 3.63) is 33.9 Å². The van der Waals surface area contributed by atoms with Gasteiger partial charge in [-0.05, 0) is 23.5 Å². The third-order valence-electron chi connectivity index (χ3n) is 3.44. The van der Waals surface area contributed by atoms with E-state index in [9.17, 15) is 10.1 Å². The van der Waals surface area contributed by atoms with Crippen molar-refractivity contribution in [2.45, 2.75) is 26.1 Å². The normalized spacial score (nSPS) is 18.1. The van der Waals surface area contributed by atoms with E-state index in [0.717, 1.165) is 30.8 Å². The topological polar surface area (TPSA) is 46.4 Å². The Hall–Kier alpha value is -1.29. The van der Waals surface area contributed by atoms with Crippen molar-refractivity contribution in [1.29, 1.82) is 0 Å². The van der Waals surface area contributed by atoms with Gasteiger partial charge >= 0.3 is 0 Å². The molecule has 0 N–H and O–H groups in total. The molecule has 0 aromatic heterocycles. The number of nitro groups is 1. The monoisotopic (exact) mass is 268 g/mol. The van der Waals surface area contributed by atoms with Gasteiger partial charge in [0.1, 0.15) is 0 Å². The van der Waals surface area contributed by atoms with E-state index in [4.69, 9.17) is 11.6 Å². The minimum absolute atomic E-state index is 0.104. The number of non-ortho nitro benzene ring substituents is 1. The smallest absolute Gasteiger partial charge is 0.269 e. The maximum Gasteiger partial charge on any atom is 0.269 e. The molecule has 0 saturated carbocycles. The van der Waals surface area contributed by atoms with Gasteiger partial charge in [-0.2, -0.15) is 0 Å². The average molecular weight is 269 g/mol. The fourth-order valence-electron chi connectivity index (χ4n) is 2.42. The summed E-state index contributed by atoms with van der Waals surface area (Å²) in [5.74, 6) is 0.300. The molecule has 98 valence electrons. The Morgan fingerprint density at radius 2 is 2.22 bits per heavy atom.